The predicted molar refractivity (Wildman–Crippen MR) is 96.1 cm³/mol. The molecular formula is C17H16N6OS. The van der Waals surface area contributed by atoms with Crippen LogP contribution in [0.3, 0.4) is 0 Å². The lowest BCUT2D eigenvalue weighted by atomic mass is 10.2. The van der Waals surface area contributed by atoms with Crippen molar-refractivity contribution in [3.8, 4) is 23.5 Å². The largest absolute Gasteiger partial charge is 0.439 e. The highest BCUT2D eigenvalue weighted by molar-refractivity contribution is 7.98. The first-order valence-corrected chi connectivity index (χ1v) is 8.67. The Hall–Kier alpha value is -3.05. The number of nitriles is 1. The van der Waals surface area contributed by atoms with E-state index in [2.05, 4.69) is 21.1 Å². The fourth-order valence-electron chi connectivity index (χ4n) is 2.30. The van der Waals surface area contributed by atoms with E-state index in [1.807, 2.05) is 37.4 Å². The molecule has 0 radical (unpaired) electrons. The molecule has 8 heteroatoms. The molecule has 3 aromatic rings. The van der Waals surface area contributed by atoms with Gasteiger partial charge in [0.15, 0.2) is 11.0 Å². The Morgan fingerprint density at radius 2 is 2.04 bits per heavy atom. The molecule has 0 saturated heterocycles. The Kier molecular flexibility index (Phi) is 4.59. The lowest BCUT2D eigenvalue weighted by Gasteiger charge is -2.09. The normalized spacial score (nSPS) is 10.5. The molecule has 2 aromatic heterocycles. The molecule has 0 aliphatic carbocycles. The van der Waals surface area contributed by atoms with E-state index >= 15 is 0 Å². The van der Waals surface area contributed by atoms with E-state index in [0.29, 0.717) is 33.9 Å². The van der Waals surface area contributed by atoms with Crippen LogP contribution in [-0.2, 0) is 0 Å². The summed E-state index contributed by atoms with van der Waals surface area (Å²) in [5.74, 6) is 1.75. The molecule has 1 aromatic carbocycles. The quantitative estimate of drug-likeness (QED) is 0.568. The second-order valence-corrected chi connectivity index (χ2v) is 6.11. The lowest BCUT2D eigenvalue weighted by Crippen LogP contribution is -2.06. The molecule has 0 unspecified atom stereocenters. The summed E-state index contributed by atoms with van der Waals surface area (Å²) >= 11 is 1.38. The van der Waals surface area contributed by atoms with Crippen LogP contribution in [0, 0.1) is 25.2 Å². The minimum Gasteiger partial charge on any atom is -0.439 e. The van der Waals surface area contributed by atoms with Crippen molar-refractivity contribution in [1.82, 2.24) is 19.7 Å². The van der Waals surface area contributed by atoms with E-state index in [4.69, 9.17) is 10.5 Å². The van der Waals surface area contributed by atoms with Crippen LogP contribution in [0.4, 0.5) is 5.82 Å². The van der Waals surface area contributed by atoms with Gasteiger partial charge in [0.2, 0.25) is 5.88 Å². The van der Waals surface area contributed by atoms with Crippen LogP contribution in [-0.4, -0.2) is 26.0 Å². The minimum atomic E-state index is 0.243. The maximum absolute atomic E-state index is 9.19. The Labute approximate surface area is 149 Å². The third kappa shape index (κ3) is 3.41. The van der Waals surface area contributed by atoms with E-state index in [1.165, 1.54) is 16.4 Å². The standard InChI is InChI=1S/C17H16N6OS/c1-10-5-4-6-12(7-10)24-15-8-14(20-17(21-15)25-3)23-16(19)13(9-18)11(2)22-23/h4-8H,19H2,1-3H3. The Morgan fingerprint density at radius 3 is 2.68 bits per heavy atom. The van der Waals surface area contributed by atoms with Crippen LogP contribution in [0.2, 0.25) is 0 Å². The van der Waals surface area contributed by atoms with Crippen LogP contribution in [0.25, 0.3) is 5.82 Å². The number of anilines is 1. The smallest absolute Gasteiger partial charge is 0.225 e. The molecular weight excluding hydrogens is 336 g/mol. The molecule has 0 atom stereocenters. The van der Waals surface area contributed by atoms with E-state index in [-0.39, 0.29) is 5.82 Å². The summed E-state index contributed by atoms with van der Waals surface area (Å²) in [4.78, 5) is 8.78. The van der Waals surface area contributed by atoms with Gasteiger partial charge in [-0.05, 0) is 37.8 Å². The lowest BCUT2D eigenvalue weighted by molar-refractivity contribution is 0.454. The number of benzene rings is 1. The first kappa shape index (κ1) is 16.8. The highest BCUT2D eigenvalue weighted by atomic mass is 32.2. The third-order valence-corrected chi connectivity index (χ3v) is 4.04. The molecule has 7 nitrogen and oxygen atoms in total. The first-order valence-electron chi connectivity index (χ1n) is 7.45. The zero-order chi connectivity index (χ0) is 18.0. The topological polar surface area (TPSA) is 103 Å². The molecule has 2 N–H and O–H groups in total. The average Bonchev–Trinajstić information content (AvgIpc) is 2.88. The zero-order valence-corrected chi connectivity index (χ0v) is 14.8. The maximum Gasteiger partial charge on any atom is 0.225 e. The number of nitrogens with zero attached hydrogens (tertiary/aromatic N) is 5. The predicted octanol–water partition coefficient (Wildman–Crippen LogP) is 3.25. The number of hydrogen-bond acceptors (Lipinski definition) is 7. The van der Waals surface area contributed by atoms with Crippen LogP contribution in [0.15, 0.2) is 35.5 Å². The SMILES string of the molecule is CSc1nc(Oc2cccc(C)c2)cc(-n2nc(C)c(C#N)c2N)n1. The molecule has 25 heavy (non-hydrogen) atoms. The van der Waals surface area contributed by atoms with Gasteiger partial charge < -0.3 is 10.5 Å². The Morgan fingerprint density at radius 1 is 1.24 bits per heavy atom. The summed E-state index contributed by atoms with van der Waals surface area (Å²) in [6, 6.07) is 11.4. The Bertz CT molecular complexity index is 976. The number of aromatic nitrogens is 4. The van der Waals surface area contributed by atoms with E-state index < -0.39 is 0 Å². The third-order valence-electron chi connectivity index (χ3n) is 3.49. The van der Waals surface area contributed by atoms with Crippen molar-refractivity contribution in [2.45, 2.75) is 19.0 Å². The minimum absolute atomic E-state index is 0.243. The molecule has 0 aliphatic rings. The summed E-state index contributed by atoms with van der Waals surface area (Å²) < 4.78 is 7.28. The number of thioether (sulfide) groups is 1. The number of aryl methyl sites for hydroxylation is 2. The van der Waals surface area contributed by atoms with Gasteiger partial charge in [0, 0.05) is 6.07 Å². The fourth-order valence-corrected chi connectivity index (χ4v) is 2.67. The van der Waals surface area contributed by atoms with E-state index in [0.717, 1.165) is 5.56 Å². The van der Waals surface area contributed by atoms with Crippen molar-refractivity contribution in [3.05, 3.63) is 47.2 Å². The number of ether oxygens (including phenoxy) is 1. The number of hydrogen-bond donors (Lipinski definition) is 1. The number of nitrogens with two attached hydrogens (primary N) is 1. The van der Waals surface area contributed by atoms with Crippen molar-refractivity contribution < 1.29 is 4.74 Å². The number of rotatable bonds is 4. The summed E-state index contributed by atoms with van der Waals surface area (Å²) in [6.45, 7) is 3.72. The van der Waals surface area contributed by atoms with Crippen LogP contribution in [0.1, 0.15) is 16.8 Å². The molecule has 0 spiro atoms. The van der Waals surface area contributed by atoms with Crippen LogP contribution >= 0.6 is 11.8 Å². The van der Waals surface area contributed by atoms with Crippen LogP contribution in [0.5, 0.6) is 11.6 Å². The molecule has 2 heterocycles. The van der Waals surface area contributed by atoms with Gasteiger partial charge in [-0.15, -0.1) is 0 Å². The monoisotopic (exact) mass is 352 g/mol. The first-order chi connectivity index (χ1) is 12.0. The summed E-state index contributed by atoms with van der Waals surface area (Å²) in [5, 5.41) is 14.0. The van der Waals surface area contributed by atoms with Gasteiger partial charge in [-0.25, -0.2) is 4.98 Å². The van der Waals surface area contributed by atoms with Crippen molar-refractivity contribution in [3.63, 3.8) is 0 Å². The highest BCUT2D eigenvalue weighted by Gasteiger charge is 2.16. The summed E-state index contributed by atoms with van der Waals surface area (Å²) in [6.07, 6.45) is 1.87. The Balaban J connectivity index is 2.05. The van der Waals surface area contributed by atoms with Crippen molar-refractivity contribution in [1.29, 1.82) is 5.26 Å². The van der Waals surface area contributed by atoms with E-state index in [9.17, 15) is 5.26 Å². The van der Waals surface area contributed by atoms with Gasteiger partial charge in [0.1, 0.15) is 23.2 Å². The van der Waals surface area contributed by atoms with Crippen molar-refractivity contribution >= 4 is 17.6 Å². The van der Waals surface area contributed by atoms with E-state index in [1.54, 1.807) is 13.0 Å². The second-order valence-electron chi connectivity index (χ2n) is 5.34. The molecule has 0 aliphatic heterocycles. The molecule has 0 amide bonds. The van der Waals surface area contributed by atoms with Gasteiger partial charge in [-0.1, -0.05) is 23.9 Å². The summed E-state index contributed by atoms with van der Waals surface area (Å²) in [7, 11) is 0. The van der Waals surface area contributed by atoms with Gasteiger partial charge in [0.25, 0.3) is 0 Å². The van der Waals surface area contributed by atoms with Crippen LogP contribution < -0.4 is 10.5 Å². The molecule has 0 fully saturated rings. The maximum atomic E-state index is 9.19. The van der Waals surface area contributed by atoms with Crippen molar-refractivity contribution in [2.24, 2.45) is 0 Å². The molecule has 126 valence electrons. The average molecular weight is 352 g/mol. The highest BCUT2D eigenvalue weighted by Crippen LogP contribution is 2.26. The van der Waals surface area contributed by atoms with Gasteiger partial charge in [0.05, 0.1) is 5.69 Å². The van der Waals surface area contributed by atoms with Gasteiger partial charge in [-0.3, -0.25) is 0 Å². The van der Waals surface area contributed by atoms with Gasteiger partial charge in [-0.2, -0.15) is 20.0 Å². The number of nitrogen functional groups attached to an aromatic ring is 1. The molecule has 0 bridgehead atoms. The fraction of sp³-hybridized carbons (Fsp3) is 0.176. The zero-order valence-electron chi connectivity index (χ0n) is 14.0. The second kappa shape index (κ2) is 6.83. The molecule has 0 saturated carbocycles. The van der Waals surface area contributed by atoms with Crippen molar-refractivity contribution in [2.75, 3.05) is 12.0 Å². The molecule has 3 rings (SSSR count). The van der Waals surface area contributed by atoms with Gasteiger partial charge >= 0.3 is 0 Å². The summed E-state index contributed by atoms with van der Waals surface area (Å²) in [5.41, 5.74) is 8.00.